The van der Waals surface area contributed by atoms with E-state index in [1.54, 1.807) is 7.11 Å². The Balaban J connectivity index is 1.65. The smallest absolute Gasteiger partial charge is 0.146 e. The van der Waals surface area contributed by atoms with Crippen LogP contribution in [0.15, 0.2) is 91.3 Å². The van der Waals surface area contributed by atoms with Gasteiger partial charge in [0.15, 0.2) is 0 Å². The Morgan fingerprint density at radius 2 is 1.54 bits per heavy atom. The Morgan fingerprint density at radius 1 is 0.892 bits per heavy atom. The number of hydrogen-bond donors (Lipinski definition) is 1. The van der Waals surface area contributed by atoms with Crippen molar-refractivity contribution in [2.45, 2.75) is 25.4 Å². The predicted molar refractivity (Wildman–Crippen MR) is 146 cm³/mol. The summed E-state index contributed by atoms with van der Waals surface area (Å²) in [6.45, 7) is 2.06. The number of aromatic nitrogens is 3. The van der Waals surface area contributed by atoms with Crippen LogP contribution in [0.3, 0.4) is 0 Å². The molecule has 3 aromatic carbocycles. The first-order chi connectivity index (χ1) is 18.2. The molecule has 1 saturated heterocycles. The first-order valence-corrected chi connectivity index (χ1v) is 12.7. The lowest BCUT2D eigenvalue weighted by atomic mass is 9.99. The fourth-order valence-corrected chi connectivity index (χ4v) is 5.36. The summed E-state index contributed by atoms with van der Waals surface area (Å²) in [5.41, 5.74) is 6.77. The molecular weight excluding hydrogens is 460 g/mol. The average molecular weight is 491 g/mol. The Kier molecular flexibility index (Phi) is 6.33. The lowest BCUT2D eigenvalue weighted by Crippen LogP contribution is -2.29. The molecule has 2 aromatic heterocycles. The Bertz CT molecular complexity index is 1570. The molecule has 1 fully saturated rings. The van der Waals surface area contributed by atoms with Gasteiger partial charge < -0.3 is 18.6 Å². The van der Waals surface area contributed by atoms with E-state index in [1.165, 1.54) is 0 Å². The first-order valence-electron chi connectivity index (χ1n) is 12.7. The van der Waals surface area contributed by atoms with Gasteiger partial charge in [-0.25, -0.2) is 4.98 Å². The van der Waals surface area contributed by atoms with Gasteiger partial charge in [-0.3, -0.25) is 5.41 Å². The summed E-state index contributed by atoms with van der Waals surface area (Å²) in [4.78, 5) is 5.02. The van der Waals surface area contributed by atoms with Gasteiger partial charge in [0.05, 0.1) is 24.5 Å². The SMILES string of the molecule is COc1ccc(Cn2c(-c3ccccc3)c(-c3ccccc3)c3c(=N)n(C4CCOCC4)cnc32)cc1. The number of nitrogens with one attached hydrogen (secondary N) is 1. The summed E-state index contributed by atoms with van der Waals surface area (Å²) < 4.78 is 15.3. The van der Waals surface area contributed by atoms with Crippen molar-refractivity contribution in [2.24, 2.45) is 0 Å². The fraction of sp³-hybridized carbons (Fsp3) is 0.226. The maximum absolute atomic E-state index is 9.42. The standard InChI is InChI=1S/C31H30N4O2/c1-36-26-14-12-22(13-15-26)20-34-29(24-10-6-3-7-11-24)27(23-8-4-2-5-9-23)28-30(32)35(21-33-31(28)34)25-16-18-37-19-17-25/h2-15,21,25,32H,16-20H2,1H3. The lowest BCUT2D eigenvalue weighted by molar-refractivity contribution is 0.0682. The van der Waals surface area contributed by atoms with E-state index in [0.29, 0.717) is 25.2 Å². The highest BCUT2D eigenvalue weighted by molar-refractivity contribution is 6.02. The molecule has 0 amide bonds. The van der Waals surface area contributed by atoms with Crippen LogP contribution in [0.5, 0.6) is 5.75 Å². The van der Waals surface area contributed by atoms with Gasteiger partial charge in [0, 0.05) is 31.4 Å². The third kappa shape index (κ3) is 4.34. The van der Waals surface area contributed by atoms with E-state index in [2.05, 4.69) is 65.2 Å². The molecule has 6 heteroatoms. The molecule has 186 valence electrons. The molecule has 0 aliphatic carbocycles. The van der Waals surface area contributed by atoms with Crippen molar-refractivity contribution < 1.29 is 9.47 Å². The number of fused-ring (bicyclic) bond motifs is 1. The second kappa shape index (κ2) is 10.1. The monoisotopic (exact) mass is 490 g/mol. The molecule has 1 N–H and O–H groups in total. The predicted octanol–water partition coefficient (Wildman–Crippen LogP) is 6.06. The maximum Gasteiger partial charge on any atom is 0.146 e. The minimum absolute atomic E-state index is 0.215. The van der Waals surface area contributed by atoms with E-state index < -0.39 is 0 Å². The van der Waals surface area contributed by atoms with Gasteiger partial charge in [0.2, 0.25) is 0 Å². The summed E-state index contributed by atoms with van der Waals surface area (Å²) >= 11 is 0. The van der Waals surface area contributed by atoms with Gasteiger partial charge in [0.25, 0.3) is 0 Å². The van der Waals surface area contributed by atoms with Crippen LogP contribution in [0.1, 0.15) is 24.4 Å². The van der Waals surface area contributed by atoms with Crippen LogP contribution in [-0.4, -0.2) is 34.4 Å². The molecule has 6 nitrogen and oxygen atoms in total. The number of ether oxygens (including phenoxy) is 2. The molecule has 6 rings (SSSR count). The van der Waals surface area contributed by atoms with Crippen LogP contribution in [-0.2, 0) is 11.3 Å². The summed E-state index contributed by atoms with van der Waals surface area (Å²) in [6, 6.07) is 29.2. The van der Waals surface area contributed by atoms with Crippen LogP contribution < -0.4 is 10.2 Å². The number of benzene rings is 3. The molecule has 0 radical (unpaired) electrons. The first kappa shape index (κ1) is 23.3. The maximum atomic E-state index is 9.42. The lowest BCUT2D eigenvalue weighted by Gasteiger charge is -2.24. The summed E-state index contributed by atoms with van der Waals surface area (Å²) in [6.07, 6.45) is 3.64. The molecule has 0 unspecified atom stereocenters. The molecular formula is C31H30N4O2. The molecule has 1 aliphatic rings. The van der Waals surface area contributed by atoms with Gasteiger partial charge in [0.1, 0.15) is 16.9 Å². The minimum Gasteiger partial charge on any atom is -0.497 e. The zero-order valence-electron chi connectivity index (χ0n) is 20.9. The van der Waals surface area contributed by atoms with Crippen molar-refractivity contribution >= 4 is 11.0 Å². The molecule has 0 atom stereocenters. The van der Waals surface area contributed by atoms with E-state index in [-0.39, 0.29) is 6.04 Å². The van der Waals surface area contributed by atoms with Crippen LogP contribution in [0.4, 0.5) is 0 Å². The largest absolute Gasteiger partial charge is 0.497 e. The highest BCUT2D eigenvalue weighted by atomic mass is 16.5. The molecule has 1 aliphatic heterocycles. The third-order valence-electron chi connectivity index (χ3n) is 7.23. The number of hydrogen-bond acceptors (Lipinski definition) is 4. The molecule has 0 bridgehead atoms. The summed E-state index contributed by atoms with van der Waals surface area (Å²) in [5, 5.41) is 10.3. The third-order valence-corrected chi connectivity index (χ3v) is 7.23. The Labute approximate surface area is 216 Å². The number of nitrogens with zero attached hydrogens (tertiary/aromatic N) is 3. The van der Waals surface area contributed by atoms with Crippen molar-refractivity contribution in [2.75, 3.05) is 20.3 Å². The summed E-state index contributed by atoms with van der Waals surface area (Å²) in [7, 11) is 1.68. The van der Waals surface area contributed by atoms with Gasteiger partial charge >= 0.3 is 0 Å². The van der Waals surface area contributed by atoms with Gasteiger partial charge in [-0.2, -0.15) is 0 Å². The molecule has 5 aromatic rings. The quantitative estimate of drug-likeness (QED) is 0.315. The molecule has 37 heavy (non-hydrogen) atoms. The number of methoxy groups -OCH3 is 1. The van der Waals surface area contributed by atoms with Crippen LogP contribution in [0, 0.1) is 5.41 Å². The Hall–Kier alpha value is -4.16. The zero-order chi connectivity index (χ0) is 25.2. The minimum atomic E-state index is 0.215. The second-order valence-electron chi connectivity index (χ2n) is 9.43. The van der Waals surface area contributed by atoms with Crippen LogP contribution in [0.2, 0.25) is 0 Å². The fourth-order valence-electron chi connectivity index (χ4n) is 5.36. The van der Waals surface area contributed by atoms with Gasteiger partial charge in [-0.1, -0.05) is 72.8 Å². The number of rotatable bonds is 6. The van der Waals surface area contributed by atoms with E-state index in [4.69, 9.17) is 14.5 Å². The van der Waals surface area contributed by atoms with Crippen molar-refractivity contribution in [1.82, 2.24) is 14.1 Å². The van der Waals surface area contributed by atoms with Crippen molar-refractivity contribution in [1.29, 1.82) is 5.41 Å². The van der Waals surface area contributed by atoms with E-state index in [9.17, 15) is 5.41 Å². The van der Waals surface area contributed by atoms with Crippen molar-refractivity contribution in [3.8, 4) is 28.1 Å². The van der Waals surface area contributed by atoms with E-state index in [0.717, 1.165) is 57.6 Å². The molecule has 0 spiro atoms. The normalized spacial score (nSPS) is 14.2. The highest BCUT2D eigenvalue weighted by Crippen LogP contribution is 2.39. The summed E-state index contributed by atoms with van der Waals surface area (Å²) in [5.74, 6) is 0.832. The van der Waals surface area contributed by atoms with E-state index in [1.807, 2.05) is 35.2 Å². The average Bonchev–Trinajstić information content (AvgIpc) is 3.30. The highest BCUT2D eigenvalue weighted by Gasteiger charge is 2.25. The molecule has 3 heterocycles. The topological polar surface area (TPSA) is 65.1 Å². The van der Waals surface area contributed by atoms with Crippen molar-refractivity contribution in [3.05, 3.63) is 102 Å². The second-order valence-corrected chi connectivity index (χ2v) is 9.43. The van der Waals surface area contributed by atoms with Crippen LogP contribution in [0.25, 0.3) is 33.4 Å². The van der Waals surface area contributed by atoms with E-state index >= 15 is 0 Å². The van der Waals surface area contributed by atoms with Gasteiger partial charge in [-0.05, 0) is 41.7 Å². The van der Waals surface area contributed by atoms with Crippen molar-refractivity contribution in [3.63, 3.8) is 0 Å². The van der Waals surface area contributed by atoms with Gasteiger partial charge in [-0.15, -0.1) is 0 Å². The molecule has 0 saturated carbocycles. The Morgan fingerprint density at radius 3 is 2.19 bits per heavy atom. The zero-order valence-corrected chi connectivity index (χ0v) is 20.9. The van der Waals surface area contributed by atoms with Crippen LogP contribution >= 0.6 is 0 Å².